The van der Waals surface area contributed by atoms with Crippen molar-refractivity contribution in [2.45, 2.75) is 39.3 Å². The minimum Gasteiger partial charge on any atom is -0.232 e. The molecule has 3 aromatic rings. The Morgan fingerprint density at radius 1 is 1.04 bits per heavy atom. The van der Waals surface area contributed by atoms with Crippen molar-refractivity contribution >= 4 is 27.0 Å². The minimum absolute atomic E-state index is 0.0448. The standard InChI is InChI=1S/C18H17BrF3N3/c1-10-15-13(18(20,21)22)9-14(17(2,3)4)23-16(15)25(24-10)12-7-5-11(19)6-8-12/h5-9H,1-4H3. The Balaban J connectivity index is 2.40. The summed E-state index contributed by atoms with van der Waals surface area (Å²) in [5.74, 6) is 0. The fourth-order valence-electron chi connectivity index (χ4n) is 2.66. The van der Waals surface area contributed by atoms with E-state index in [0.717, 1.165) is 10.5 Å². The van der Waals surface area contributed by atoms with Crippen LogP contribution in [0.3, 0.4) is 0 Å². The van der Waals surface area contributed by atoms with Crippen LogP contribution >= 0.6 is 15.9 Å². The van der Waals surface area contributed by atoms with Gasteiger partial charge in [-0.1, -0.05) is 36.7 Å². The first-order valence-corrected chi connectivity index (χ1v) is 8.52. The highest BCUT2D eigenvalue weighted by atomic mass is 79.9. The number of rotatable bonds is 1. The van der Waals surface area contributed by atoms with Crippen molar-refractivity contribution in [3.63, 3.8) is 0 Å². The molecule has 0 bridgehead atoms. The summed E-state index contributed by atoms with van der Waals surface area (Å²) in [6.45, 7) is 7.10. The maximum absolute atomic E-state index is 13.7. The lowest BCUT2D eigenvalue weighted by Crippen LogP contribution is -2.17. The van der Waals surface area contributed by atoms with Gasteiger partial charge in [0.25, 0.3) is 0 Å². The Kier molecular flexibility index (Phi) is 4.18. The van der Waals surface area contributed by atoms with Crippen molar-refractivity contribution < 1.29 is 13.2 Å². The molecule has 0 aliphatic carbocycles. The molecule has 3 rings (SSSR count). The molecule has 7 heteroatoms. The van der Waals surface area contributed by atoms with E-state index in [0.29, 0.717) is 17.1 Å². The Bertz CT molecular complexity index is 935. The van der Waals surface area contributed by atoms with E-state index >= 15 is 0 Å². The van der Waals surface area contributed by atoms with Crippen LogP contribution in [0.1, 0.15) is 37.7 Å². The van der Waals surface area contributed by atoms with Gasteiger partial charge < -0.3 is 0 Å². The van der Waals surface area contributed by atoms with Crippen LogP contribution in [-0.4, -0.2) is 14.8 Å². The summed E-state index contributed by atoms with van der Waals surface area (Å²) in [7, 11) is 0. The molecule has 0 N–H and O–H groups in total. The second-order valence-electron chi connectivity index (χ2n) is 6.98. The molecular weight excluding hydrogens is 395 g/mol. The zero-order valence-electron chi connectivity index (χ0n) is 14.2. The Hall–Kier alpha value is -1.89. The van der Waals surface area contributed by atoms with E-state index in [-0.39, 0.29) is 11.0 Å². The summed E-state index contributed by atoms with van der Waals surface area (Å²) in [6, 6.07) is 8.35. The van der Waals surface area contributed by atoms with E-state index in [1.165, 1.54) is 4.68 Å². The predicted molar refractivity (Wildman–Crippen MR) is 95.0 cm³/mol. The van der Waals surface area contributed by atoms with E-state index in [1.807, 2.05) is 32.9 Å². The van der Waals surface area contributed by atoms with E-state index in [1.54, 1.807) is 19.1 Å². The van der Waals surface area contributed by atoms with Crippen LogP contribution in [0.4, 0.5) is 13.2 Å². The molecule has 0 spiro atoms. The van der Waals surface area contributed by atoms with Crippen LogP contribution in [0.15, 0.2) is 34.8 Å². The second-order valence-corrected chi connectivity index (χ2v) is 7.89. The highest BCUT2D eigenvalue weighted by molar-refractivity contribution is 9.10. The third kappa shape index (κ3) is 3.29. The summed E-state index contributed by atoms with van der Waals surface area (Å²) in [5, 5.41) is 4.37. The molecule has 0 unspecified atom stereocenters. The predicted octanol–water partition coefficient (Wildman–Crippen LogP) is 5.81. The van der Waals surface area contributed by atoms with Gasteiger partial charge in [0.15, 0.2) is 5.65 Å². The number of aryl methyl sites for hydroxylation is 1. The van der Waals surface area contributed by atoms with E-state index in [9.17, 15) is 13.2 Å². The SMILES string of the molecule is Cc1nn(-c2ccc(Br)cc2)c2nc(C(C)(C)C)cc(C(F)(F)F)c12. The summed E-state index contributed by atoms with van der Waals surface area (Å²) in [4.78, 5) is 4.53. The Labute approximate surface area is 152 Å². The first kappa shape index (κ1) is 17.9. The normalized spacial score (nSPS) is 12.8. The van der Waals surface area contributed by atoms with Gasteiger partial charge in [0.1, 0.15) is 0 Å². The average Bonchev–Trinajstić information content (AvgIpc) is 2.83. The van der Waals surface area contributed by atoms with Gasteiger partial charge >= 0.3 is 6.18 Å². The highest BCUT2D eigenvalue weighted by Gasteiger charge is 2.36. The van der Waals surface area contributed by atoms with Gasteiger partial charge in [-0.25, -0.2) is 9.67 Å². The van der Waals surface area contributed by atoms with Crippen LogP contribution in [-0.2, 0) is 11.6 Å². The van der Waals surface area contributed by atoms with Crippen molar-refractivity contribution in [1.29, 1.82) is 0 Å². The maximum Gasteiger partial charge on any atom is 0.417 e. The van der Waals surface area contributed by atoms with Gasteiger partial charge in [0.2, 0.25) is 0 Å². The first-order valence-electron chi connectivity index (χ1n) is 7.72. The largest absolute Gasteiger partial charge is 0.417 e. The van der Waals surface area contributed by atoms with E-state index in [2.05, 4.69) is 26.0 Å². The fourth-order valence-corrected chi connectivity index (χ4v) is 2.92. The molecule has 0 radical (unpaired) electrons. The molecule has 25 heavy (non-hydrogen) atoms. The van der Waals surface area contributed by atoms with Crippen LogP contribution in [0, 0.1) is 6.92 Å². The summed E-state index contributed by atoms with van der Waals surface area (Å²) in [6.07, 6.45) is -4.47. The number of nitrogens with zero attached hydrogens (tertiary/aromatic N) is 3. The third-order valence-corrected chi connectivity index (χ3v) is 4.49. The number of halogens is 4. The lowest BCUT2D eigenvalue weighted by Gasteiger charge is -2.20. The van der Waals surface area contributed by atoms with Crippen molar-refractivity contribution in [3.05, 3.63) is 51.8 Å². The molecule has 2 aromatic heterocycles. The number of fused-ring (bicyclic) bond motifs is 1. The molecular formula is C18H17BrF3N3. The number of alkyl halides is 3. The molecule has 0 aliphatic rings. The minimum atomic E-state index is -4.47. The van der Waals surface area contributed by atoms with Crippen molar-refractivity contribution in [1.82, 2.24) is 14.8 Å². The zero-order chi connectivity index (χ0) is 18.6. The average molecular weight is 412 g/mol. The van der Waals surface area contributed by atoms with Gasteiger partial charge in [0, 0.05) is 15.6 Å². The second kappa shape index (κ2) is 5.83. The van der Waals surface area contributed by atoms with Crippen molar-refractivity contribution in [2.75, 3.05) is 0 Å². The molecule has 0 fully saturated rings. The number of pyridine rings is 1. The van der Waals surface area contributed by atoms with Crippen molar-refractivity contribution in [2.24, 2.45) is 0 Å². The lowest BCUT2D eigenvalue weighted by molar-refractivity contribution is -0.136. The molecule has 0 amide bonds. The van der Waals surface area contributed by atoms with Crippen LogP contribution in [0.25, 0.3) is 16.7 Å². The number of hydrogen-bond donors (Lipinski definition) is 0. The first-order chi connectivity index (χ1) is 11.5. The molecule has 0 atom stereocenters. The van der Waals surface area contributed by atoms with Gasteiger partial charge in [-0.05, 0) is 37.3 Å². The molecule has 0 saturated carbocycles. The monoisotopic (exact) mass is 411 g/mol. The van der Waals surface area contributed by atoms with Gasteiger partial charge in [-0.15, -0.1) is 0 Å². The van der Waals surface area contributed by atoms with Gasteiger partial charge in [-0.3, -0.25) is 0 Å². The van der Waals surface area contributed by atoms with Gasteiger partial charge in [-0.2, -0.15) is 18.3 Å². The smallest absolute Gasteiger partial charge is 0.232 e. The topological polar surface area (TPSA) is 30.7 Å². The van der Waals surface area contributed by atoms with Crippen LogP contribution in [0.5, 0.6) is 0 Å². The van der Waals surface area contributed by atoms with E-state index in [4.69, 9.17) is 0 Å². The maximum atomic E-state index is 13.7. The molecule has 132 valence electrons. The molecule has 0 saturated heterocycles. The molecule has 0 aliphatic heterocycles. The van der Waals surface area contributed by atoms with Crippen LogP contribution < -0.4 is 0 Å². The Morgan fingerprint density at radius 2 is 1.64 bits per heavy atom. The number of benzene rings is 1. The summed E-state index contributed by atoms with van der Waals surface area (Å²) < 4.78 is 43.3. The summed E-state index contributed by atoms with van der Waals surface area (Å²) >= 11 is 3.35. The Morgan fingerprint density at radius 3 is 2.16 bits per heavy atom. The van der Waals surface area contributed by atoms with Gasteiger partial charge in [0.05, 0.1) is 22.3 Å². The van der Waals surface area contributed by atoms with E-state index < -0.39 is 17.2 Å². The lowest BCUT2D eigenvalue weighted by atomic mass is 9.90. The summed E-state index contributed by atoms with van der Waals surface area (Å²) in [5.41, 5.74) is 0.358. The highest BCUT2D eigenvalue weighted by Crippen LogP contribution is 2.38. The third-order valence-electron chi connectivity index (χ3n) is 3.96. The molecule has 2 heterocycles. The quantitative estimate of drug-likeness (QED) is 0.505. The molecule has 3 nitrogen and oxygen atoms in total. The molecule has 1 aromatic carbocycles. The number of aromatic nitrogens is 3. The fraction of sp³-hybridized carbons (Fsp3) is 0.333. The zero-order valence-corrected chi connectivity index (χ0v) is 15.8. The van der Waals surface area contributed by atoms with Crippen molar-refractivity contribution in [3.8, 4) is 5.69 Å². The number of hydrogen-bond acceptors (Lipinski definition) is 2. The van der Waals surface area contributed by atoms with Crippen LogP contribution in [0.2, 0.25) is 0 Å².